The third kappa shape index (κ3) is 9.36. The summed E-state index contributed by atoms with van der Waals surface area (Å²) in [6.07, 6.45) is -2.20. The SMILES string of the molecule is COC(=O)CCCCCNC(=O)Nc1cc(Cl)ccc1OCC(F)(F)F. The van der Waals surface area contributed by atoms with Gasteiger partial charge in [0.1, 0.15) is 5.75 Å². The first kappa shape index (κ1) is 21.9. The van der Waals surface area contributed by atoms with Crippen LogP contribution in [-0.4, -0.2) is 38.4 Å². The van der Waals surface area contributed by atoms with Crippen molar-refractivity contribution in [2.75, 3.05) is 25.6 Å². The second-order valence-electron chi connectivity index (χ2n) is 5.31. The number of halogens is 4. The number of ether oxygens (including phenoxy) is 2. The van der Waals surface area contributed by atoms with Crippen LogP contribution >= 0.6 is 11.6 Å². The first-order valence-electron chi connectivity index (χ1n) is 7.82. The molecular formula is C16H20ClF3N2O4. The Bertz CT molecular complexity index is 612. The molecule has 1 aromatic carbocycles. The minimum absolute atomic E-state index is 0.0324. The molecule has 0 heterocycles. The van der Waals surface area contributed by atoms with Gasteiger partial charge in [-0.15, -0.1) is 0 Å². The van der Waals surface area contributed by atoms with Gasteiger partial charge < -0.3 is 20.1 Å². The van der Waals surface area contributed by atoms with Crippen LogP contribution in [0.25, 0.3) is 0 Å². The Hall–Kier alpha value is -2.16. The number of carbonyl (C=O) groups excluding carboxylic acids is 2. The summed E-state index contributed by atoms with van der Waals surface area (Å²) in [5.41, 5.74) is 0.0324. The van der Waals surface area contributed by atoms with Crippen molar-refractivity contribution in [3.05, 3.63) is 23.2 Å². The number of hydrogen-bond acceptors (Lipinski definition) is 4. The number of carbonyl (C=O) groups is 2. The quantitative estimate of drug-likeness (QED) is 0.486. The second kappa shape index (κ2) is 10.7. The van der Waals surface area contributed by atoms with E-state index in [1.807, 2.05) is 0 Å². The maximum Gasteiger partial charge on any atom is 0.422 e. The number of hydrogen-bond donors (Lipinski definition) is 2. The average Bonchev–Trinajstić information content (AvgIpc) is 2.56. The van der Waals surface area contributed by atoms with Crippen LogP contribution in [0.2, 0.25) is 5.02 Å². The molecule has 0 aliphatic rings. The van der Waals surface area contributed by atoms with Crippen LogP contribution in [0.5, 0.6) is 5.75 Å². The fourth-order valence-corrected chi connectivity index (χ4v) is 2.10. The Morgan fingerprint density at radius 1 is 1.19 bits per heavy atom. The largest absolute Gasteiger partial charge is 0.482 e. The lowest BCUT2D eigenvalue weighted by molar-refractivity contribution is -0.153. The van der Waals surface area contributed by atoms with E-state index in [1.54, 1.807) is 0 Å². The van der Waals surface area contributed by atoms with Gasteiger partial charge in [-0.2, -0.15) is 13.2 Å². The van der Waals surface area contributed by atoms with Gasteiger partial charge in [0.25, 0.3) is 0 Å². The third-order valence-corrected chi connectivity index (χ3v) is 3.39. The van der Waals surface area contributed by atoms with Crippen LogP contribution in [0.3, 0.4) is 0 Å². The lowest BCUT2D eigenvalue weighted by Crippen LogP contribution is -2.30. The molecule has 0 saturated carbocycles. The van der Waals surface area contributed by atoms with Gasteiger partial charge in [0, 0.05) is 18.0 Å². The summed E-state index contributed by atoms with van der Waals surface area (Å²) in [6.45, 7) is -1.14. The number of amides is 2. The Morgan fingerprint density at radius 3 is 2.58 bits per heavy atom. The highest BCUT2D eigenvalue weighted by molar-refractivity contribution is 6.31. The van der Waals surface area contributed by atoms with Crippen LogP contribution in [0.1, 0.15) is 25.7 Å². The van der Waals surface area contributed by atoms with E-state index < -0.39 is 18.8 Å². The van der Waals surface area contributed by atoms with Gasteiger partial charge in [-0.3, -0.25) is 4.79 Å². The van der Waals surface area contributed by atoms with Crippen molar-refractivity contribution in [3.63, 3.8) is 0 Å². The summed E-state index contributed by atoms with van der Waals surface area (Å²) < 4.78 is 46.0. The first-order valence-corrected chi connectivity index (χ1v) is 8.20. The van der Waals surface area contributed by atoms with E-state index in [0.717, 1.165) is 0 Å². The fraction of sp³-hybridized carbons (Fsp3) is 0.500. The molecule has 0 radical (unpaired) electrons. The molecule has 146 valence electrons. The second-order valence-corrected chi connectivity index (χ2v) is 5.75. The molecule has 0 aromatic heterocycles. The Labute approximate surface area is 154 Å². The van der Waals surface area contributed by atoms with Gasteiger partial charge in [-0.25, -0.2) is 4.79 Å². The molecule has 0 unspecified atom stereocenters. The molecule has 1 aromatic rings. The number of benzene rings is 1. The van der Waals surface area contributed by atoms with Crippen molar-refractivity contribution in [2.45, 2.75) is 31.9 Å². The van der Waals surface area contributed by atoms with Gasteiger partial charge in [0.05, 0.1) is 12.8 Å². The molecular weight excluding hydrogens is 377 g/mol. The summed E-state index contributed by atoms with van der Waals surface area (Å²) in [5.74, 6) is -0.428. The molecule has 0 spiro atoms. The molecule has 2 amide bonds. The normalized spacial score (nSPS) is 11.0. The molecule has 0 fully saturated rings. The van der Waals surface area contributed by atoms with Gasteiger partial charge in [0.2, 0.25) is 0 Å². The number of urea groups is 1. The molecule has 2 N–H and O–H groups in total. The number of methoxy groups -OCH3 is 1. The molecule has 0 aliphatic carbocycles. The van der Waals surface area contributed by atoms with Crippen molar-refractivity contribution in [1.29, 1.82) is 0 Å². The number of nitrogens with one attached hydrogen (secondary N) is 2. The van der Waals surface area contributed by atoms with E-state index in [-0.39, 0.29) is 22.4 Å². The third-order valence-electron chi connectivity index (χ3n) is 3.15. The lowest BCUT2D eigenvalue weighted by atomic mass is 10.2. The number of esters is 1. The van der Waals surface area contributed by atoms with E-state index in [0.29, 0.717) is 32.2 Å². The van der Waals surface area contributed by atoms with Crippen LogP contribution in [0.15, 0.2) is 18.2 Å². The summed E-state index contributed by atoms with van der Waals surface area (Å²) in [4.78, 5) is 22.8. The van der Waals surface area contributed by atoms with Crippen LogP contribution in [0, 0.1) is 0 Å². The topological polar surface area (TPSA) is 76.7 Å². The maximum absolute atomic E-state index is 12.3. The van der Waals surface area contributed by atoms with Crippen LogP contribution < -0.4 is 15.4 Å². The van der Waals surface area contributed by atoms with Crippen LogP contribution in [-0.2, 0) is 9.53 Å². The van der Waals surface area contributed by atoms with Gasteiger partial charge in [-0.05, 0) is 31.0 Å². The Morgan fingerprint density at radius 2 is 1.92 bits per heavy atom. The molecule has 0 saturated heterocycles. The van der Waals surface area contributed by atoms with Gasteiger partial charge in [0.15, 0.2) is 6.61 Å². The monoisotopic (exact) mass is 396 g/mol. The van der Waals surface area contributed by atoms with E-state index in [1.165, 1.54) is 25.3 Å². The minimum Gasteiger partial charge on any atom is -0.482 e. The molecule has 26 heavy (non-hydrogen) atoms. The zero-order valence-electron chi connectivity index (χ0n) is 14.1. The highest BCUT2D eigenvalue weighted by atomic mass is 35.5. The first-order chi connectivity index (χ1) is 12.2. The lowest BCUT2D eigenvalue weighted by Gasteiger charge is -2.14. The summed E-state index contributed by atoms with van der Waals surface area (Å²) >= 11 is 5.80. The minimum atomic E-state index is -4.50. The zero-order valence-corrected chi connectivity index (χ0v) is 14.9. The molecule has 0 aliphatic heterocycles. The zero-order chi connectivity index (χ0) is 19.6. The van der Waals surface area contributed by atoms with E-state index in [9.17, 15) is 22.8 Å². The van der Waals surface area contributed by atoms with Crippen molar-refractivity contribution < 1.29 is 32.2 Å². The summed E-state index contributed by atoms with van der Waals surface area (Å²) in [7, 11) is 1.32. The van der Waals surface area contributed by atoms with Gasteiger partial charge in [-0.1, -0.05) is 18.0 Å². The average molecular weight is 397 g/mol. The number of alkyl halides is 3. The number of rotatable bonds is 9. The summed E-state index contributed by atoms with van der Waals surface area (Å²) in [5, 5.41) is 5.21. The van der Waals surface area contributed by atoms with Crippen molar-refractivity contribution in [2.24, 2.45) is 0 Å². The summed E-state index contributed by atoms with van der Waals surface area (Å²) in [6, 6.07) is 3.30. The van der Waals surface area contributed by atoms with Crippen molar-refractivity contribution >= 4 is 29.3 Å². The molecule has 0 bridgehead atoms. The maximum atomic E-state index is 12.3. The molecule has 1 rings (SSSR count). The molecule has 6 nitrogen and oxygen atoms in total. The van der Waals surface area contributed by atoms with Crippen LogP contribution in [0.4, 0.5) is 23.7 Å². The van der Waals surface area contributed by atoms with Gasteiger partial charge >= 0.3 is 18.2 Å². The fourth-order valence-electron chi connectivity index (χ4n) is 1.93. The number of unbranched alkanes of at least 4 members (excludes halogenated alkanes) is 2. The predicted molar refractivity (Wildman–Crippen MR) is 90.5 cm³/mol. The highest BCUT2D eigenvalue weighted by Crippen LogP contribution is 2.29. The number of anilines is 1. The highest BCUT2D eigenvalue weighted by Gasteiger charge is 2.29. The standard InChI is InChI=1S/C16H20ClF3N2O4/c1-25-14(23)5-3-2-4-8-21-15(24)22-12-9-11(17)6-7-13(12)26-10-16(18,19)20/h6-7,9H,2-5,8,10H2,1H3,(H2,21,22,24). The van der Waals surface area contributed by atoms with Crippen molar-refractivity contribution in [3.8, 4) is 5.75 Å². The van der Waals surface area contributed by atoms with E-state index in [2.05, 4.69) is 20.1 Å². The Balaban J connectivity index is 2.43. The Kier molecular flexibility index (Phi) is 9.04. The van der Waals surface area contributed by atoms with E-state index in [4.69, 9.17) is 11.6 Å². The van der Waals surface area contributed by atoms with E-state index >= 15 is 0 Å². The predicted octanol–water partition coefficient (Wildman–Crippen LogP) is 4.14. The smallest absolute Gasteiger partial charge is 0.422 e. The molecule has 10 heteroatoms. The van der Waals surface area contributed by atoms with Crippen molar-refractivity contribution in [1.82, 2.24) is 5.32 Å². The molecule has 0 atom stereocenters.